The molecular weight excluding hydrogens is 302 g/mol. The first-order chi connectivity index (χ1) is 11.6. The minimum absolute atomic E-state index is 0.230. The maximum absolute atomic E-state index is 12.7. The van der Waals surface area contributed by atoms with Crippen molar-refractivity contribution in [3.63, 3.8) is 0 Å². The molecule has 24 heavy (non-hydrogen) atoms. The third-order valence-corrected chi connectivity index (χ3v) is 4.70. The summed E-state index contributed by atoms with van der Waals surface area (Å²) in [6.45, 7) is 1.61. The van der Waals surface area contributed by atoms with Gasteiger partial charge in [-0.15, -0.1) is 0 Å². The number of nitrogens with one attached hydrogen (secondary N) is 1. The highest BCUT2D eigenvalue weighted by Gasteiger charge is 2.27. The Morgan fingerprint density at radius 2 is 1.75 bits per heavy atom. The van der Waals surface area contributed by atoms with Gasteiger partial charge in [0.2, 0.25) is 0 Å². The molecule has 1 aliphatic carbocycles. The van der Waals surface area contributed by atoms with Crippen LogP contribution < -0.4 is 5.32 Å². The minimum atomic E-state index is -0.932. The number of aliphatic carboxylic acids is 1. The van der Waals surface area contributed by atoms with Crippen molar-refractivity contribution in [3.05, 3.63) is 70.8 Å². The summed E-state index contributed by atoms with van der Waals surface area (Å²) in [6, 6.07) is 14.4. The van der Waals surface area contributed by atoms with E-state index in [9.17, 15) is 14.7 Å². The molecule has 0 spiro atoms. The van der Waals surface area contributed by atoms with E-state index in [1.54, 1.807) is 6.92 Å². The zero-order chi connectivity index (χ0) is 17.1. The predicted molar refractivity (Wildman–Crippen MR) is 91.9 cm³/mol. The van der Waals surface area contributed by atoms with Crippen LogP contribution in [0.15, 0.2) is 48.5 Å². The highest BCUT2D eigenvalue weighted by Crippen LogP contribution is 2.25. The number of benzene rings is 2. The molecule has 124 valence electrons. The molecule has 0 heterocycles. The van der Waals surface area contributed by atoms with E-state index in [1.807, 2.05) is 48.5 Å². The average Bonchev–Trinajstić information content (AvgIpc) is 3.07. The third-order valence-electron chi connectivity index (χ3n) is 4.70. The summed E-state index contributed by atoms with van der Waals surface area (Å²) < 4.78 is 0. The summed E-state index contributed by atoms with van der Waals surface area (Å²) in [5.74, 6) is -1.88. The van der Waals surface area contributed by atoms with Crippen LogP contribution in [-0.4, -0.2) is 17.0 Å². The number of rotatable bonds is 5. The quantitative estimate of drug-likeness (QED) is 0.886. The number of hydrogen-bond donors (Lipinski definition) is 2. The molecule has 0 bridgehead atoms. The number of carbonyl (C=O) groups is 2. The molecule has 3 rings (SSSR count). The number of aryl methyl sites for hydroxylation is 2. The largest absolute Gasteiger partial charge is 0.481 e. The van der Waals surface area contributed by atoms with E-state index in [0.717, 1.165) is 24.8 Å². The standard InChI is InChI=1S/C20H21NO3/c1-13(20(23)24)18(15-6-3-2-4-7-15)21-19(22)17-11-10-14-8-5-9-16(14)12-17/h2-4,6-7,10-13,18H,5,8-9H2,1H3,(H,21,22)(H,23,24). The Balaban J connectivity index is 1.84. The van der Waals surface area contributed by atoms with Crippen LogP contribution in [0.3, 0.4) is 0 Å². The summed E-state index contributed by atoms with van der Waals surface area (Å²) in [7, 11) is 0. The Kier molecular flexibility index (Phi) is 4.65. The lowest BCUT2D eigenvalue weighted by Gasteiger charge is -2.23. The minimum Gasteiger partial charge on any atom is -0.481 e. The lowest BCUT2D eigenvalue weighted by Crippen LogP contribution is -2.35. The summed E-state index contributed by atoms with van der Waals surface area (Å²) in [5, 5.41) is 12.3. The summed E-state index contributed by atoms with van der Waals surface area (Å²) in [5.41, 5.74) is 3.92. The molecule has 2 aromatic carbocycles. The number of fused-ring (bicyclic) bond motifs is 1. The second-order valence-corrected chi connectivity index (χ2v) is 6.33. The van der Waals surface area contributed by atoms with Crippen LogP contribution >= 0.6 is 0 Å². The summed E-state index contributed by atoms with van der Waals surface area (Å²) >= 11 is 0. The van der Waals surface area contributed by atoms with Gasteiger partial charge in [0, 0.05) is 5.56 Å². The van der Waals surface area contributed by atoms with Gasteiger partial charge in [0.15, 0.2) is 0 Å². The van der Waals surface area contributed by atoms with E-state index in [2.05, 4.69) is 5.32 Å². The number of carboxylic acids is 1. The van der Waals surface area contributed by atoms with Crippen LogP contribution in [0.2, 0.25) is 0 Å². The van der Waals surface area contributed by atoms with Gasteiger partial charge >= 0.3 is 5.97 Å². The molecule has 0 saturated heterocycles. The Bertz CT molecular complexity index is 755. The molecule has 0 radical (unpaired) electrons. The molecule has 4 heteroatoms. The molecule has 2 aromatic rings. The van der Waals surface area contributed by atoms with Crippen molar-refractivity contribution in [2.75, 3.05) is 0 Å². The molecule has 1 aliphatic rings. The van der Waals surface area contributed by atoms with Crippen LogP contribution in [0.5, 0.6) is 0 Å². The van der Waals surface area contributed by atoms with Gasteiger partial charge < -0.3 is 10.4 Å². The Morgan fingerprint density at radius 1 is 1.04 bits per heavy atom. The van der Waals surface area contributed by atoms with Gasteiger partial charge in [-0.05, 0) is 55.0 Å². The highest BCUT2D eigenvalue weighted by atomic mass is 16.4. The van der Waals surface area contributed by atoms with Crippen LogP contribution in [0.4, 0.5) is 0 Å². The Labute approximate surface area is 141 Å². The molecule has 2 N–H and O–H groups in total. The third kappa shape index (κ3) is 3.32. The van der Waals surface area contributed by atoms with Crippen molar-refractivity contribution >= 4 is 11.9 Å². The first-order valence-electron chi connectivity index (χ1n) is 8.26. The maximum atomic E-state index is 12.7. The number of carboxylic acid groups (broad SMARTS) is 1. The van der Waals surface area contributed by atoms with E-state index < -0.39 is 17.9 Å². The van der Waals surface area contributed by atoms with Gasteiger partial charge in [-0.3, -0.25) is 9.59 Å². The summed E-state index contributed by atoms with van der Waals surface area (Å²) in [4.78, 5) is 24.1. The molecule has 0 fully saturated rings. The van der Waals surface area contributed by atoms with E-state index in [-0.39, 0.29) is 5.91 Å². The van der Waals surface area contributed by atoms with Crippen molar-refractivity contribution in [2.24, 2.45) is 5.92 Å². The van der Waals surface area contributed by atoms with Crippen molar-refractivity contribution in [2.45, 2.75) is 32.2 Å². The molecule has 0 aromatic heterocycles. The summed E-state index contributed by atoms with van der Waals surface area (Å²) in [6.07, 6.45) is 3.20. The fraction of sp³-hybridized carbons (Fsp3) is 0.300. The number of carbonyl (C=O) groups excluding carboxylic acids is 1. The lowest BCUT2D eigenvalue weighted by molar-refractivity contribution is -0.142. The van der Waals surface area contributed by atoms with Crippen LogP contribution in [0, 0.1) is 5.92 Å². The lowest BCUT2D eigenvalue weighted by atomic mass is 9.94. The van der Waals surface area contributed by atoms with E-state index in [0.29, 0.717) is 5.56 Å². The monoisotopic (exact) mass is 323 g/mol. The van der Waals surface area contributed by atoms with E-state index >= 15 is 0 Å². The van der Waals surface area contributed by atoms with E-state index in [1.165, 1.54) is 11.1 Å². The van der Waals surface area contributed by atoms with Crippen LogP contribution in [0.1, 0.15) is 46.4 Å². The van der Waals surface area contributed by atoms with Crippen molar-refractivity contribution in [3.8, 4) is 0 Å². The van der Waals surface area contributed by atoms with Crippen LogP contribution in [0.25, 0.3) is 0 Å². The van der Waals surface area contributed by atoms with Crippen molar-refractivity contribution in [1.82, 2.24) is 5.32 Å². The predicted octanol–water partition coefficient (Wildman–Crippen LogP) is 3.37. The average molecular weight is 323 g/mol. The number of hydrogen-bond acceptors (Lipinski definition) is 2. The van der Waals surface area contributed by atoms with Crippen molar-refractivity contribution < 1.29 is 14.7 Å². The molecule has 2 atom stereocenters. The SMILES string of the molecule is CC(C(=O)O)C(NC(=O)c1ccc2c(c1)CCC2)c1ccccc1. The topological polar surface area (TPSA) is 66.4 Å². The fourth-order valence-corrected chi connectivity index (χ4v) is 3.24. The molecule has 0 saturated carbocycles. The zero-order valence-electron chi connectivity index (χ0n) is 13.7. The molecule has 4 nitrogen and oxygen atoms in total. The fourth-order valence-electron chi connectivity index (χ4n) is 3.24. The maximum Gasteiger partial charge on any atom is 0.308 e. The van der Waals surface area contributed by atoms with Crippen LogP contribution in [-0.2, 0) is 17.6 Å². The molecule has 0 aliphatic heterocycles. The molecule has 2 unspecified atom stereocenters. The second kappa shape index (κ2) is 6.87. The molecular formula is C20H21NO3. The Morgan fingerprint density at radius 3 is 2.46 bits per heavy atom. The van der Waals surface area contributed by atoms with Gasteiger partial charge in [-0.1, -0.05) is 36.4 Å². The smallest absolute Gasteiger partial charge is 0.308 e. The highest BCUT2D eigenvalue weighted by molar-refractivity contribution is 5.95. The van der Waals surface area contributed by atoms with Gasteiger partial charge in [-0.2, -0.15) is 0 Å². The van der Waals surface area contributed by atoms with Gasteiger partial charge in [-0.25, -0.2) is 0 Å². The Hall–Kier alpha value is -2.62. The second-order valence-electron chi connectivity index (χ2n) is 6.33. The van der Waals surface area contributed by atoms with Crippen molar-refractivity contribution in [1.29, 1.82) is 0 Å². The van der Waals surface area contributed by atoms with Gasteiger partial charge in [0.25, 0.3) is 5.91 Å². The van der Waals surface area contributed by atoms with Gasteiger partial charge in [0.05, 0.1) is 12.0 Å². The van der Waals surface area contributed by atoms with E-state index in [4.69, 9.17) is 0 Å². The molecule has 1 amide bonds. The van der Waals surface area contributed by atoms with Gasteiger partial charge in [0.1, 0.15) is 0 Å². The zero-order valence-corrected chi connectivity index (χ0v) is 13.7. The first kappa shape index (κ1) is 16.2. The normalized spacial score (nSPS) is 15.4. The number of amides is 1. The first-order valence-corrected chi connectivity index (χ1v) is 8.26.